The van der Waals surface area contributed by atoms with Crippen LogP contribution in [0.15, 0.2) is 48.5 Å². The number of nitrogens with two attached hydrogens (primary N) is 1. The van der Waals surface area contributed by atoms with Gasteiger partial charge in [-0.3, -0.25) is 4.79 Å². The summed E-state index contributed by atoms with van der Waals surface area (Å²) < 4.78 is 13.1. The number of hydrogen-bond donors (Lipinski definition) is 1. The zero-order chi connectivity index (χ0) is 13.1. The number of hydrogen-bond acceptors (Lipinski definition) is 2. The highest BCUT2D eigenvalue weighted by Gasteiger charge is 2.17. The van der Waals surface area contributed by atoms with E-state index in [-0.39, 0.29) is 11.6 Å². The molecule has 2 nitrogen and oxygen atoms in total. The molecule has 0 heterocycles. The third-order valence-corrected chi connectivity index (χ3v) is 2.88. The summed E-state index contributed by atoms with van der Waals surface area (Å²) in [6.45, 7) is 1.63. The van der Waals surface area contributed by atoms with Gasteiger partial charge in [0.05, 0.1) is 6.04 Å². The quantitative estimate of drug-likeness (QED) is 0.842. The summed E-state index contributed by atoms with van der Waals surface area (Å²) in [6.07, 6.45) is 0. The summed E-state index contributed by atoms with van der Waals surface area (Å²) in [6, 6.07) is 12.7. The monoisotopic (exact) mass is 243 g/mol. The predicted octanol–water partition coefficient (Wildman–Crippen LogP) is 3.02. The first kappa shape index (κ1) is 12.5. The van der Waals surface area contributed by atoms with E-state index in [1.165, 1.54) is 18.2 Å². The molecule has 2 N–H and O–H groups in total. The Kier molecular flexibility index (Phi) is 3.53. The number of aryl methyl sites for hydroxylation is 1. The second kappa shape index (κ2) is 5.10. The lowest BCUT2D eigenvalue weighted by Crippen LogP contribution is -2.21. The van der Waals surface area contributed by atoms with Gasteiger partial charge in [-0.05, 0) is 36.2 Å². The Bertz CT molecular complexity index is 566. The number of carbonyl (C=O) groups is 1. The molecule has 2 rings (SSSR count). The molecule has 0 spiro atoms. The van der Waals surface area contributed by atoms with Crippen LogP contribution in [0.1, 0.15) is 27.5 Å². The molecule has 0 aliphatic heterocycles. The van der Waals surface area contributed by atoms with Crippen LogP contribution in [0, 0.1) is 12.7 Å². The van der Waals surface area contributed by atoms with Gasteiger partial charge in [-0.25, -0.2) is 4.39 Å². The topological polar surface area (TPSA) is 43.1 Å². The molecule has 0 aromatic heterocycles. The van der Waals surface area contributed by atoms with Crippen LogP contribution in [0.25, 0.3) is 0 Å². The Morgan fingerprint density at radius 1 is 1.17 bits per heavy atom. The fourth-order valence-electron chi connectivity index (χ4n) is 1.79. The standard InChI is InChI=1S/C15H14FNO/c1-10-9-12(7-8-13(10)16)15(18)14(17)11-5-3-2-4-6-11/h2-9,14H,17H2,1H3/t14-/m1/s1. The Labute approximate surface area is 105 Å². The van der Waals surface area contributed by atoms with Gasteiger partial charge in [0.2, 0.25) is 0 Å². The minimum absolute atomic E-state index is 0.204. The van der Waals surface area contributed by atoms with Gasteiger partial charge in [0.25, 0.3) is 0 Å². The van der Waals surface area contributed by atoms with Crippen LogP contribution in [-0.4, -0.2) is 5.78 Å². The highest BCUT2D eigenvalue weighted by molar-refractivity contribution is 6.00. The van der Waals surface area contributed by atoms with Gasteiger partial charge in [-0.1, -0.05) is 30.3 Å². The molecule has 0 amide bonds. The Balaban J connectivity index is 2.29. The molecule has 2 aromatic rings. The number of Topliss-reactive ketones (excluding diaryl/α,β-unsaturated/α-hetero) is 1. The van der Waals surface area contributed by atoms with Gasteiger partial charge >= 0.3 is 0 Å². The molecule has 92 valence electrons. The Morgan fingerprint density at radius 3 is 2.44 bits per heavy atom. The molecule has 0 aliphatic carbocycles. The highest BCUT2D eigenvalue weighted by Crippen LogP contribution is 2.17. The lowest BCUT2D eigenvalue weighted by Gasteiger charge is -2.11. The molecule has 0 saturated heterocycles. The van der Waals surface area contributed by atoms with E-state index in [2.05, 4.69) is 0 Å². The minimum atomic E-state index is -0.712. The first-order valence-electron chi connectivity index (χ1n) is 5.70. The minimum Gasteiger partial charge on any atom is -0.318 e. The molecule has 0 radical (unpaired) electrons. The Hall–Kier alpha value is -2.00. The second-order valence-electron chi connectivity index (χ2n) is 4.22. The lowest BCUT2D eigenvalue weighted by molar-refractivity contribution is 0.0961. The van der Waals surface area contributed by atoms with Crippen molar-refractivity contribution in [2.45, 2.75) is 13.0 Å². The number of rotatable bonds is 3. The number of carbonyl (C=O) groups excluding carboxylic acids is 1. The molecular weight excluding hydrogens is 229 g/mol. The molecule has 0 fully saturated rings. The zero-order valence-electron chi connectivity index (χ0n) is 10.1. The maximum absolute atomic E-state index is 13.1. The predicted molar refractivity (Wildman–Crippen MR) is 68.8 cm³/mol. The van der Waals surface area contributed by atoms with Gasteiger partial charge in [0.1, 0.15) is 5.82 Å². The SMILES string of the molecule is Cc1cc(C(=O)[C@H](N)c2ccccc2)ccc1F. The van der Waals surface area contributed by atoms with Crippen LogP contribution < -0.4 is 5.73 Å². The van der Waals surface area contributed by atoms with Gasteiger partial charge in [0, 0.05) is 5.56 Å². The molecule has 1 atom stereocenters. The van der Waals surface area contributed by atoms with Gasteiger partial charge in [-0.2, -0.15) is 0 Å². The summed E-state index contributed by atoms with van der Waals surface area (Å²) in [5.74, 6) is -0.524. The van der Waals surface area contributed by atoms with E-state index in [0.29, 0.717) is 11.1 Å². The first-order valence-corrected chi connectivity index (χ1v) is 5.70. The van der Waals surface area contributed by atoms with E-state index in [4.69, 9.17) is 5.73 Å². The summed E-state index contributed by atoms with van der Waals surface area (Å²) >= 11 is 0. The maximum atomic E-state index is 13.1. The molecular formula is C15H14FNO. The fraction of sp³-hybridized carbons (Fsp3) is 0.133. The fourth-order valence-corrected chi connectivity index (χ4v) is 1.79. The van der Waals surface area contributed by atoms with E-state index in [1.54, 1.807) is 19.1 Å². The van der Waals surface area contributed by atoms with Crippen LogP contribution in [-0.2, 0) is 0 Å². The summed E-state index contributed by atoms with van der Waals surface area (Å²) in [5, 5.41) is 0. The van der Waals surface area contributed by atoms with E-state index >= 15 is 0 Å². The maximum Gasteiger partial charge on any atom is 0.184 e. The van der Waals surface area contributed by atoms with Crippen molar-refractivity contribution in [3.8, 4) is 0 Å². The normalized spacial score (nSPS) is 12.2. The summed E-state index contributed by atoms with van der Waals surface area (Å²) in [4.78, 5) is 12.2. The van der Waals surface area contributed by atoms with Crippen LogP contribution in [0.4, 0.5) is 4.39 Å². The largest absolute Gasteiger partial charge is 0.318 e. The second-order valence-corrected chi connectivity index (χ2v) is 4.22. The zero-order valence-corrected chi connectivity index (χ0v) is 10.1. The van der Waals surface area contributed by atoms with Crippen molar-refractivity contribution in [2.24, 2.45) is 5.73 Å². The molecule has 0 saturated carbocycles. The smallest absolute Gasteiger partial charge is 0.184 e. The summed E-state index contributed by atoms with van der Waals surface area (Å²) in [7, 11) is 0. The van der Waals surface area contributed by atoms with Crippen molar-refractivity contribution in [3.63, 3.8) is 0 Å². The van der Waals surface area contributed by atoms with Crippen molar-refractivity contribution in [1.29, 1.82) is 0 Å². The Morgan fingerprint density at radius 2 is 1.83 bits per heavy atom. The number of halogens is 1. The molecule has 0 bridgehead atoms. The summed E-state index contributed by atoms with van der Waals surface area (Å²) in [5.41, 5.74) is 7.55. The van der Waals surface area contributed by atoms with Crippen molar-refractivity contribution in [2.75, 3.05) is 0 Å². The van der Waals surface area contributed by atoms with Crippen molar-refractivity contribution < 1.29 is 9.18 Å². The highest BCUT2D eigenvalue weighted by atomic mass is 19.1. The molecule has 3 heteroatoms. The van der Waals surface area contributed by atoms with Gasteiger partial charge in [-0.15, -0.1) is 0 Å². The van der Waals surface area contributed by atoms with Crippen LogP contribution in [0.3, 0.4) is 0 Å². The van der Waals surface area contributed by atoms with Crippen molar-refractivity contribution in [1.82, 2.24) is 0 Å². The van der Waals surface area contributed by atoms with Gasteiger partial charge < -0.3 is 5.73 Å². The van der Waals surface area contributed by atoms with E-state index in [1.807, 2.05) is 18.2 Å². The lowest BCUT2D eigenvalue weighted by atomic mass is 9.97. The average molecular weight is 243 g/mol. The third-order valence-electron chi connectivity index (χ3n) is 2.88. The average Bonchev–Trinajstić information content (AvgIpc) is 2.41. The number of benzene rings is 2. The molecule has 0 aliphatic rings. The van der Waals surface area contributed by atoms with E-state index < -0.39 is 6.04 Å². The van der Waals surface area contributed by atoms with Crippen molar-refractivity contribution >= 4 is 5.78 Å². The van der Waals surface area contributed by atoms with Crippen molar-refractivity contribution in [3.05, 3.63) is 71.0 Å². The van der Waals surface area contributed by atoms with E-state index in [9.17, 15) is 9.18 Å². The van der Waals surface area contributed by atoms with Crippen LogP contribution in [0.5, 0.6) is 0 Å². The molecule has 2 aromatic carbocycles. The van der Waals surface area contributed by atoms with Crippen LogP contribution in [0.2, 0.25) is 0 Å². The number of ketones is 1. The molecule has 0 unspecified atom stereocenters. The van der Waals surface area contributed by atoms with Crippen LogP contribution >= 0.6 is 0 Å². The van der Waals surface area contributed by atoms with E-state index in [0.717, 1.165) is 5.56 Å². The first-order chi connectivity index (χ1) is 8.59. The molecule has 18 heavy (non-hydrogen) atoms. The van der Waals surface area contributed by atoms with Gasteiger partial charge in [0.15, 0.2) is 5.78 Å². The third kappa shape index (κ3) is 2.46.